The second-order valence-electron chi connectivity index (χ2n) is 4.37. The molecule has 2 aromatic rings. The van der Waals surface area contributed by atoms with Gasteiger partial charge in [0.2, 0.25) is 0 Å². The van der Waals surface area contributed by atoms with Gasteiger partial charge in [-0.3, -0.25) is 4.79 Å². The van der Waals surface area contributed by atoms with Crippen LogP contribution in [0.25, 0.3) is 0 Å². The molecule has 0 fully saturated rings. The van der Waals surface area contributed by atoms with Gasteiger partial charge in [-0.15, -0.1) is 11.8 Å². The van der Waals surface area contributed by atoms with Crippen LogP contribution in [0, 0.1) is 0 Å². The Morgan fingerprint density at radius 3 is 1.81 bits per heavy atom. The third-order valence-electron chi connectivity index (χ3n) is 2.94. The summed E-state index contributed by atoms with van der Waals surface area (Å²) in [6.45, 7) is 0. The molecule has 0 bridgehead atoms. The van der Waals surface area contributed by atoms with Gasteiger partial charge in [-0.25, -0.2) is 0 Å². The number of carbonyl (C=O) groups is 1. The summed E-state index contributed by atoms with van der Waals surface area (Å²) in [5.74, 6) is 0.0415. The minimum atomic E-state index is -0.243. The summed E-state index contributed by atoms with van der Waals surface area (Å²) in [5.41, 5.74) is 2.16. The van der Waals surface area contributed by atoms with E-state index in [-0.39, 0.29) is 17.0 Å². The fourth-order valence-corrected chi connectivity index (χ4v) is 3.24. The fourth-order valence-electron chi connectivity index (χ4n) is 1.87. The van der Waals surface area contributed by atoms with Gasteiger partial charge in [-0.2, -0.15) is 0 Å². The number of thioether (sulfide) groups is 1. The highest BCUT2D eigenvalue weighted by Gasteiger charge is 2.16. The topological polar surface area (TPSA) is 26.3 Å². The van der Waals surface area contributed by atoms with Crippen LogP contribution in [0.3, 0.4) is 0 Å². The van der Waals surface area contributed by atoms with Crippen molar-refractivity contribution in [2.75, 3.05) is 12.9 Å². The zero-order valence-corrected chi connectivity index (χ0v) is 13.7. The zero-order chi connectivity index (χ0) is 15.2. The lowest BCUT2D eigenvalue weighted by molar-refractivity contribution is -0.137. The normalized spacial score (nSPS) is 10.7. The molecule has 0 saturated carbocycles. The summed E-state index contributed by atoms with van der Waals surface area (Å²) in [4.78, 5) is 11.4. The van der Waals surface area contributed by atoms with Crippen molar-refractivity contribution in [2.45, 2.75) is 5.25 Å². The standard InChI is InChI=1S/C16H14Cl2O2S/c1-20-15(19)10-21-16(11-2-6-13(17)7-3-11)12-4-8-14(18)9-5-12/h2-9,16H,10H2,1H3. The molecule has 0 aliphatic carbocycles. The van der Waals surface area contributed by atoms with Crippen LogP contribution in [0.4, 0.5) is 0 Å². The number of esters is 1. The highest BCUT2D eigenvalue weighted by molar-refractivity contribution is 8.00. The van der Waals surface area contributed by atoms with Crippen LogP contribution >= 0.6 is 35.0 Å². The number of hydrogen-bond acceptors (Lipinski definition) is 3. The molecule has 2 aromatic carbocycles. The monoisotopic (exact) mass is 340 g/mol. The molecule has 0 aromatic heterocycles. The first-order valence-corrected chi connectivity index (χ1v) is 8.10. The highest BCUT2D eigenvalue weighted by Crippen LogP contribution is 2.36. The predicted octanol–water partition coefficient (Wildman–Crippen LogP) is 4.99. The molecule has 110 valence electrons. The fraction of sp³-hybridized carbons (Fsp3) is 0.188. The van der Waals surface area contributed by atoms with E-state index >= 15 is 0 Å². The van der Waals surface area contributed by atoms with Gasteiger partial charge in [0, 0.05) is 10.0 Å². The summed E-state index contributed by atoms with van der Waals surface area (Å²) in [6, 6.07) is 15.2. The van der Waals surface area contributed by atoms with Crippen LogP contribution in [0.5, 0.6) is 0 Å². The number of halogens is 2. The van der Waals surface area contributed by atoms with Gasteiger partial charge in [0.15, 0.2) is 0 Å². The van der Waals surface area contributed by atoms with Gasteiger partial charge in [-0.1, -0.05) is 47.5 Å². The SMILES string of the molecule is COC(=O)CSC(c1ccc(Cl)cc1)c1ccc(Cl)cc1. The Balaban J connectivity index is 2.27. The minimum absolute atomic E-state index is 0.0265. The molecule has 0 aliphatic heterocycles. The van der Waals surface area contributed by atoms with Crippen LogP contribution in [0.15, 0.2) is 48.5 Å². The number of benzene rings is 2. The summed E-state index contributed by atoms with van der Waals surface area (Å²) < 4.78 is 4.71. The van der Waals surface area contributed by atoms with Crippen molar-refractivity contribution < 1.29 is 9.53 Å². The van der Waals surface area contributed by atoms with E-state index in [0.717, 1.165) is 11.1 Å². The molecule has 0 aliphatic rings. The highest BCUT2D eigenvalue weighted by atomic mass is 35.5. The second-order valence-corrected chi connectivity index (χ2v) is 6.34. The van der Waals surface area contributed by atoms with Crippen LogP contribution in [0.2, 0.25) is 10.0 Å². The maximum absolute atomic E-state index is 11.4. The predicted molar refractivity (Wildman–Crippen MR) is 89.2 cm³/mol. The Bertz CT molecular complexity index is 551. The number of rotatable bonds is 5. The molecule has 0 saturated heterocycles. The van der Waals surface area contributed by atoms with Gasteiger partial charge in [0.1, 0.15) is 0 Å². The van der Waals surface area contributed by atoms with Crippen molar-refractivity contribution in [3.63, 3.8) is 0 Å². The second kappa shape index (κ2) is 7.74. The maximum Gasteiger partial charge on any atom is 0.315 e. The van der Waals surface area contributed by atoms with E-state index in [1.165, 1.54) is 18.9 Å². The average Bonchev–Trinajstić information content (AvgIpc) is 2.50. The number of hydrogen-bond donors (Lipinski definition) is 0. The largest absolute Gasteiger partial charge is 0.468 e. The summed E-state index contributed by atoms with van der Waals surface area (Å²) in [7, 11) is 1.39. The van der Waals surface area contributed by atoms with Crippen molar-refractivity contribution in [2.24, 2.45) is 0 Å². The van der Waals surface area contributed by atoms with Crippen LogP contribution < -0.4 is 0 Å². The lowest BCUT2D eigenvalue weighted by Gasteiger charge is -2.17. The van der Waals surface area contributed by atoms with Gasteiger partial charge in [0.05, 0.1) is 18.1 Å². The van der Waals surface area contributed by atoms with Crippen molar-refractivity contribution >= 4 is 40.9 Å². The maximum atomic E-state index is 11.4. The van der Waals surface area contributed by atoms with Crippen molar-refractivity contribution in [3.05, 3.63) is 69.7 Å². The molecular formula is C16H14Cl2O2S. The van der Waals surface area contributed by atoms with E-state index in [4.69, 9.17) is 27.9 Å². The quantitative estimate of drug-likeness (QED) is 0.717. The smallest absolute Gasteiger partial charge is 0.315 e. The number of carbonyl (C=O) groups excluding carboxylic acids is 1. The Kier molecular flexibility index (Phi) is 5.97. The molecule has 21 heavy (non-hydrogen) atoms. The van der Waals surface area contributed by atoms with Gasteiger partial charge < -0.3 is 4.74 Å². The molecule has 0 atom stereocenters. The van der Waals surface area contributed by atoms with E-state index in [0.29, 0.717) is 10.0 Å². The first kappa shape index (κ1) is 16.2. The van der Waals surface area contributed by atoms with Crippen LogP contribution in [0.1, 0.15) is 16.4 Å². The lowest BCUT2D eigenvalue weighted by Crippen LogP contribution is -2.06. The molecule has 0 heterocycles. The average molecular weight is 341 g/mol. The minimum Gasteiger partial charge on any atom is -0.468 e. The Morgan fingerprint density at radius 1 is 1.00 bits per heavy atom. The molecule has 0 radical (unpaired) electrons. The number of ether oxygens (including phenoxy) is 1. The van der Waals surface area contributed by atoms with E-state index in [9.17, 15) is 4.79 Å². The Hall–Kier alpha value is -1.16. The van der Waals surface area contributed by atoms with E-state index in [1.807, 2.05) is 48.5 Å². The molecule has 0 amide bonds. The van der Waals surface area contributed by atoms with Gasteiger partial charge >= 0.3 is 5.97 Å². The Labute approximate surface area is 138 Å². The third kappa shape index (κ3) is 4.67. The Morgan fingerprint density at radius 2 is 1.43 bits per heavy atom. The zero-order valence-electron chi connectivity index (χ0n) is 11.4. The summed E-state index contributed by atoms with van der Waals surface area (Å²) >= 11 is 13.4. The van der Waals surface area contributed by atoms with Crippen molar-refractivity contribution in [1.29, 1.82) is 0 Å². The van der Waals surface area contributed by atoms with Gasteiger partial charge in [-0.05, 0) is 35.4 Å². The van der Waals surface area contributed by atoms with E-state index < -0.39 is 0 Å². The van der Waals surface area contributed by atoms with Crippen LogP contribution in [-0.4, -0.2) is 18.8 Å². The first-order chi connectivity index (χ1) is 10.1. The first-order valence-electron chi connectivity index (χ1n) is 6.29. The molecule has 0 N–H and O–H groups in total. The van der Waals surface area contributed by atoms with Crippen molar-refractivity contribution in [3.8, 4) is 0 Å². The molecule has 2 rings (SSSR count). The van der Waals surface area contributed by atoms with Crippen LogP contribution in [-0.2, 0) is 9.53 Å². The molecule has 2 nitrogen and oxygen atoms in total. The van der Waals surface area contributed by atoms with E-state index in [1.54, 1.807) is 0 Å². The lowest BCUT2D eigenvalue weighted by atomic mass is 10.0. The third-order valence-corrected chi connectivity index (χ3v) is 4.73. The molecule has 0 spiro atoms. The van der Waals surface area contributed by atoms with Gasteiger partial charge in [0.25, 0.3) is 0 Å². The number of methoxy groups -OCH3 is 1. The molecular weight excluding hydrogens is 327 g/mol. The van der Waals surface area contributed by atoms with E-state index in [2.05, 4.69) is 0 Å². The summed E-state index contributed by atoms with van der Waals surface area (Å²) in [6.07, 6.45) is 0. The summed E-state index contributed by atoms with van der Waals surface area (Å²) in [5, 5.41) is 1.40. The molecule has 5 heteroatoms. The van der Waals surface area contributed by atoms with Crippen molar-refractivity contribution in [1.82, 2.24) is 0 Å². The molecule has 0 unspecified atom stereocenters.